The van der Waals surface area contributed by atoms with E-state index in [1.165, 1.54) is 18.3 Å². The van der Waals surface area contributed by atoms with Crippen molar-refractivity contribution < 1.29 is 9.72 Å². The molecule has 186 valence electrons. The van der Waals surface area contributed by atoms with E-state index in [1.54, 1.807) is 16.8 Å². The average molecular weight is 502 g/mol. The lowest BCUT2D eigenvalue weighted by molar-refractivity contribution is -0.384. The summed E-state index contributed by atoms with van der Waals surface area (Å²) in [5.41, 5.74) is 8.61. The van der Waals surface area contributed by atoms with E-state index in [9.17, 15) is 14.9 Å². The van der Waals surface area contributed by atoms with E-state index in [1.807, 2.05) is 79.7 Å². The fourth-order valence-corrected chi connectivity index (χ4v) is 4.03. The number of nitro benzene ring substituents is 1. The number of nitrogens with one attached hydrogen (secondary N) is 1. The van der Waals surface area contributed by atoms with Crippen LogP contribution in [0.2, 0.25) is 0 Å². The quantitative estimate of drug-likeness (QED) is 0.163. The molecule has 1 amide bonds. The van der Waals surface area contributed by atoms with Crippen LogP contribution in [0.25, 0.3) is 28.1 Å². The highest BCUT2D eigenvalue weighted by Gasteiger charge is 2.17. The maximum absolute atomic E-state index is 13.0. The van der Waals surface area contributed by atoms with Crippen LogP contribution in [0.15, 0.2) is 114 Å². The molecule has 0 aliphatic heterocycles. The van der Waals surface area contributed by atoms with Crippen LogP contribution in [-0.4, -0.2) is 26.8 Å². The van der Waals surface area contributed by atoms with Gasteiger partial charge in [-0.15, -0.1) is 0 Å². The van der Waals surface area contributed by atoms with Gasteiger partial charge in [0.15, 0.2) is 5.69 Å². The van der Waals surface area contributed by atoms with Crippen molar-refractivity contribution in [2.75, 3.05) is 0 Å². The highest BCUT2D eigenvalue weighted by Crippen LogP contribution is 2.27. The summed E-state index contributed by atoms with van der Waals surface area (Å²) in [6.07, 6.45) is 1.39. The second-order valence-corrected chi connectivity index (χ2v) is 8.60. The lowest BCUT2D eigenvalue weighted by Crippen LogP contribution is -2.18. The summed E-state index contributed by atoms with van der Waals surface area (Å²) in [7, 11) is 0. The van der Waals surface area contributed by atoms with E-state index < -0.39 is 10.8 Å². The summed E-state index contributed by atoms with van der Waals surface area (Å²) in [6, 6.07) is 33.9. The summed E-state index contributed by atoms with van der Waals surface area (Å²) in [6.45, 7) is 1.81. The van der Waals surface area contributed by atoms with Gasteiger partial charge in [-0.1, -0.05) is 78.9 Å². The molecule has 8 nitrogen and oxygen atoms in total. The Labute approximate surface area is 219 Å². The predicted molar refractivity (Wildman–Crippen MR) is 147 cm³/mol. The average Bonchev–Trinajstić information content (AvgIpc) is 3.41. The van der Waals surface area contributed by atoms with Gasteiger partial charge in [0.2, 0.25) is 0 Å². The molecule has 0 aliphatic carbocycles. The van der Waals surface area contributed by atoms with Gasteiger partial charge >= 0.3 is 0 Å². The zero-order chi connectivity index (χ0) is 26.5. The molecule has 0 unspecified atom stereocenters. The van der Waals surface area contributed by atoms with Gasteiger partial charge in [-0.2, -0.15) is 10.2 Å². The Morgan fingerprint density at radius 1 is 0.868 bits per heavy atom. The first-order valence-electron chi connectivity index (χ1n) is 11.9. The Bertz CT molecular complexity index is 1630. The van der Waals surface area contributed by atoms with Crippen LogP contribution in [0.1, 0.15) is 21.6 Å². The van der Waals surface area contributed by atoms with Gasteiger partial charge in [-0.25, -0.2) is 10.1 Å². The summed E-state index contributed by atoms with van der Waals surface area (Å²) in [5.74, 6) is -0.499. The van der Waals surface area contributed by atoms with Crippen molar-refractivity contribution in [3.8, 4) is 28.1 Å². The van der Waals surface area contributed by atoms with Gasteiger partial charge in [0.05, 0.1) is 22.5 Å². The largest absolute Gasteiger partial charge is 0.291 e. The number of hydrogen-bond donors (Lipinski definition) is 1. The fraction of sp³-hybridized carbons (Fsp3) is 0.0333. The van der Waals surface area contributed by atoms with Crippen LogP contribution in [0.3, 0.4) is 0 Å². The van der Waals surface area contributed by atoms with Crippen LogP contribution < -0.4 is 5.43 Å². The first kappa shape index (κ1) is 24.3. The highest BCUT2D eigenvalue weighted by atomic mass is 16.6. The summed E-state index contributed by atoms with van der Waals surface area (Å²) in [5, 5.41) is 19.6. The lowest BCUT2D eigenvalue weighted by atomic mass is 10.0. The van der Waals surface area contributed by atoms with E-state index in [-0.39, 0.29) is 11.4 Å². The van der Waals surface area contributed by atoms with E-state index in [4.69, 9.17) is 0 Å². The van der Waals surface area contributed by atoms with E-state index >= 15 is 0 Å². The number of hydrogen-bond acceptors (Lipinski definition) is 5. The fourth-order valence-electron chi connectivity index (χ4n) is 4.03. The second-order valence-electron chi connectivity index (χ2n) is 8.60. The van der Waals surface area contributed by atoms with Gasteiger partial charge < -0.3 is 0 Å². The van der Waals surface area contributed by atoms with Crippen molar-refractivity contribution in [2.24, 2.45) is 5.10 Å². The number of amides is 1. The first-order valence-corrected chi connectivity index (χ1v) is 11.9. The molecule has 0 saturated carbocycles. The number of rotatable bonds is 7. The van der Waals surface area contributed by atoms with Crippen molar-refractivity contribution in [1.29, 1.82) is 0 Å². The van der Waals surface area contributed by atoms with Gasteiger partial charge in [-0.3, -0.25) is 14.9 Å². The lowest BCUT2D eigenvalue weighted by Gasteiger charge is -2.08. The summed E-state index contributed by atoms with van der Waals surface area (Å²) in [4.78, 5) is 23.6. The number of aryl methyl sites for hydroxylation is 1. The predicted octanol–water partition coefficient (Wildman–Crippen LogP) is 6.19. The molecular formula is C30H23N5O3. The summed E-state index contributed by atoms with van der Waals surface area (Å²) >= 11 is 0. The molecule has 1 heterocycles. The minimum atomic E-state index is -0.499. The van der Waals surface area contributed by atoms with Crippen LogP contribution in [0.5, 0.6) is 0 Å². The molecule has 1 N–H and O–H groups in total. The number of hydrazone groups is 1. The molecule has 0 radical (unpaired) electrons. The van der Waals surface area contributed by atoms with Gasteiger partial charge in [0.1, 0.15) is 0 Å². The van der Waals surface area contributed by atoms with Crippen LogP contribution >= 0.6 is 0 Å². The minimum absolute atomic E-state index is 0.0482. The molecule has 1 aromatic heterocycles. The van der Waals surface area contributed by atoms with Crippen molar-refractivity contribution in [3.63, 3.8) is 0 Å². The molecule has 5 rings (SSSR count). The van der Waals surface area contributed by atoms with E-state index in [0.717, 1.165) is 33.6 Å². The molecule has 0 aliphatic rings. The van der Waals surface area contributed by atoms with Gasteiger partial charge in [0, 0.05) is 23.3 Å². The monoisotopic (exact) mass is 501 g/mol. The summed E-state index contributed by atoms with van der Waals surface area (Å²) < 4.78 is 1.72. The highest BCUT2D eigenvalue weighted by molar-refractivity contribution is 5.94. The molecule has 0 atom stereocenters. The third-order valence-electron chi connectivity index (χ3n) is 6.07. The van der Waals surface area contributed by atoms with Crippen molar-refractivity contribution in [1.82, 2.24) is 15.2 Å². The topological polar surface area (TPSA) is 102 Å². The second kappa shape index (κ2) is 10.7. The number of carbonyl (C=O) groups is 1. The molecule has 0 spiro atoms. The molecule has 0 fully saturated rings. The maximum Gasteiger partial charge on any atom is 0.291 e. The Kier molecular flexibility index (Phi) is 6.86. The molecule has 38 heavy (non-hydrogen) atoms. The number of carbonyl (C=O) groups excluding carboxylic acids is 1. The zero-order valence-corrected chi connectivity index (χ0v) is 20.5. The standard InChI is InChI=1S/C30H23N5O3/c1-21-12-17-27(35(37)38)18-25(21)20-31-32-30(36)28-19-29(34(33-28)26-10-6-3-7-11-26)24-15-13-23(14-16-24)22-8-4-2-5-9-22/h2-20H,1H3,(H,32,36)/b31-20-. The SMILES string of the molecule is Cc1ccc([N+](=O)[O-])cc1/C=N\NC(=O)c1cc(-c2ccc(-c3ccccc3)cc2)n(-c2ccccc2)n1. The van der Waals surface area contributed by atoms with E-state index in [2.05, 4.69) is 27.8 Å². The maximum atomic E-state index is 13.0. The molecular weight excluding hydrogens is 478 g/mol. The normalized spacial score (nSPS) is 11.0. The Morgan fingerprint density at radius 2 is 1.50 bits per heavy atom. The smallest absolute Gasteiger partial charge is 0.265 e. The Hall–Kier alpha value is -5.37. The Balaban J connectivity index is 1.43. The number of benzene rings is 4. The van der Waals surface area contributed by atoms with Crippen molar-refractivity contribution in [3.05, 3.63) is 136 Å². The number of nitro groups is 1. The first-order chi connectivity index (χ1) is 18.5. The van der Waals surface area contributed by atoms with Crippen molar-refractivity contribution in [2.45, 2.75) is 6.92 Å². The van der Waals surface area contributed by atoms with Gasteiger partial charge in [0.25, 0.3) is 11.6 Å². The van der Waals surface area contributed by atoms with Crippen LogP contribution in [0.4, 0.5) is 5.69 Å². The number of para-hydroxylation sites is 1. The zero-order valence-electron chi connectivity index (χ0n) is 20.5. The van der Waals surface area contributed by atoms with Crippen LogP contribution in [-0.2, 0) is 0 Å². The van der Waals surface area contributed by atoms with Gasteiger partial charge in [-0.05, 0) is 41.8 Å². The number of aromatic nitrogens is 2. The molecule has 0 saturated heterocycles. The molecule has 0 bridgehead atoms. The number of non-ortho nitro benzene ring substituents is 1. The minimum Gasteiger partial charge on any atom is -0.265 e. The van der Waals surface area contributed by atoms with Crippen molar-refractivity contribution >= 4 is 17.8 Å². The van der Waals surface area contributed by atoms with Crippen LogP contribution in [0, 0.1) is 17.0 Å². The molecule has 4 aromatic carbocycles. The third-order valence-corrected chi connectivity index (χ3v) is 6.07. The molecule has 8 heteroatoms. The Morgan fingerprint density at radius 3 is 2.18 bits per heavy atom. The van der Waals surface area contributed by atoms with E-state index in [0.29, 0.717) is 5.56 Å². The molecule has 5 aromatic rings. The third kappa shape index (κ3) is 5.24. The number of nitrogens with zero attached hydrogens (tertiary/aromatic N) is 4.